The molecule has 2 aromatic rings. The second kappa shape index (κ2) is 6.19. The van der Waals surface area contributed by atoms with Gasteiger partial charge in [0, 0.05) is 23.4 Å². The number of aryl methyl sites for hydroxylation is 1. The zero-order valence-corrected chi connectivity index (χ0v) is 11.3. The predicted octanol–water partition coefficient (Wildman–Crippen LogP) is 3.29. The first-order valence-electron chi connectivity index (χ1n) is 6.45. The smallest absolute Gasteiger partial charge is 0.224 e. The van der Waals surface area contributed by atoms with Gasteiger partial charge in [0.2, 0.25) is 5.91 Å². The molecule has 0 spiro atoms. The molecule has 0 aromatic heterocycles. The van der Waals surface area contributed by atoms with Crippen molar-refractivity contribution in [1.82, 2.24) is 0 Å². The standard InChI is InChI=1S/C16H17FN2O/c1-11-14(17)6-3-7-15(11)19-16(20)9-8-12-4-2-5-13(18)10-12/h2-7,10H,8-9,18H2,1H3,(H,19,20). The van der Waals surface area contributed by atoms with Crippen molar-refractivity contribution in [2.75, 3.05) is 11.1 Å². The molecule has 0 aliphatic heterocycles. The molecule has 104 valence electrons. The SMILES string of the molecule is Cc1c(F)cccc1NC(=O)CCc1cccc(N)c1. The summed E-state index contributed by atoms with van der Waals surface area (Å²) in [6.45, 7) is 1.64. The number of amides is 1. The normalized spacial score (nSPS) is 10.3. The second-order valence-electron chi connectivity index (χ2n) is 4.71. The van der Waals surface area contributed by atoms with Crippen LogP contribution in [0.3, 0.4) is 0 Å². The largest absolute Gasteiger partial charge is 0.399 e. The van der Waals surface area contributed by atoms with Gasteiger partial charge in [0.15, 0.2) is 0 Å². The monoisotopic (exact) mass is 272 g/mol. The van der Waals surface area contributed by atoms with Gasteiger partial charge in [0.25, 0.3) is 0 Å². The molecular weight excluding hydrogens is 255 g/mol. The third-order valence-electron chi connectivity index (χ3n) is 3.13. The Morgan fingerprint density at radius 3 is 2.75 bits per heavy atom. The fraction of sp³-hybridized carbons (Fsp3) is 0.188. The summed E-state index contributed by atoms with van der Waals surface area (Å²) in [4.78, 5) is 11.9. The lowest BCUT2D eigenvalue weighted by atomic mass is 10.1. The molecule has 2 rings (SSSR count). The molecule has 1 amide bonds. The number of anilines is 2. The number of rotatable bonds is 4. The Morgan fingerprint density at radius 2 is 2.00 bits per heavy atom. The van der Waals surface area contributed by atoms with Crippen molar-refractivity contribution in [1.29, 1.82) is 0 Å². The van der Waals surface area contributed by atoms with E-state index < -0.39 is 0 Å². The zero-order chi connectivity index (χ0) is 14.5. The Labute approximate surface area is 117 Å². The fourth-order valence-corrected chi connectivity index (χ4v) is 1.96. The molecule has 0 fully saturated rings. The van der Waals surface area contributed by atoms with Crippen LogP contribution in [-0.2, 0) is 11.2 Å². The van der Waals surface area contributed by atoms with Crippen molar-refractivity contribution in [2.24, 2.45) is 0 Å². The number of nitrogens with one attached hydrogen (secondary N) is 1. The van der Waals surface area contributed by atoms with E-state index in [1.807, 2.05) is 18.2 Å². The number of hydrogen-bond donors (Lipinski definition) is 2. The quantitative estimate of drug-likeness (QED) is 0.839. The van der Waals surface area contributed by atoms with Crippen LogP contribution in [0.25, 0.3) is 0 Å². The maximum atomic E-state index is 13.4. The average molecular weight is 272 g/mol. The van der Waals surface area contributed by atoms with Gasteiger partial charge >= 0.3 is 0 Å². The molecular formula is C16H17FN2O. The highest BCUT2D eigenvalue weighted by molar-refractivity contribution is 5.91. The van der Waals surface area contributed by atoms with Crippen LogP contribution in [0.15, 0.2) is 42.5 Å². The van der Waals surface area contributed by atoms with Crippen LogP contribution in [0, 0.1) is 12.7 Å². The van der Waals surface area contributed by atoms with Gasteiger partial charge in [-0.05, 0) is 43.2 Å². The molecule has 0 aliphatic carbocycles. The summed E-state index contributed by atoms with van der Waals surface area (Å²) < 4.78 is 13.4. The number of benzene rings is 2. The Hall–Kier alpha value is -2.36. The van der Waals surface area contributed by atoms with E-state index in [4.69, 9.17) is 5.73 Å². The number of halogens is 1. The van der Waals surface area contributed by atoms with Crippen molar-refractivity contribution in [3.8, 4) is 0 Å². The Morgan fingerprint density at radius 1 is 1.25 bits per heavy atom. The van der Waals surface area contributed by atoms with E-state index in [-0.39, 0.29) is 11.7 Å². The van der Waals surface area contributed by atoms with E-state index in [1.165, 1.54) is 6.07 Å². The molecule has 3 N–H and O–H groups in total. The molecule has 0 heterocycles. The van der Waals surface area contributed by atoms with Crippen LogP contribution < -0.4 is 11.1 Å². The first-order chi connectivity index (χ1) is 9.56. The minimum Gasteiger partial charge on any atom is -0.399 e. The van der Waals surface area contributed by atoms with Crippen LogP contribution in [-0.4, -0.2) is 5.91 Å². The van der Waals surface area contributed by atoms with E-state index >= 15 is 0 Å². The van der Waals surface area contributed by atoms with Crippen molar-refractivity contribution >= 4 is 17.3 Å². The van der Waals surface area contributed by atoms with E-state index in [9.17, 15) is 9.18 Å². The van der Waals surface area contributed by atoms with Crippen molar-refractivity contribution < 1.29 is 9.18 Å². The van der Waals surface area contributed by atoms with E-state index in [1.54, 1.807) is 25.1 Å². The maximum absolute atomic E-state index is 13.4. The van der Waals surface area contributed by atoms with Crippen molar-refractivity contribution in [3.63, 3.8) is 0 Å². The van der Waals surface area contributed by atoms with Crippen LogP contribution in [0.5, 0.6) is 0 Å². The number of carbonyl (C=O) groups excluding carboxylic acids is 1. The molecule has 3 nitrogen and oxygen atoms in total. The Kier molecular flexibility index (Phi) is 4.35. The summed E-state index contributed by atoms with van der Waals surface area (Å²) >= 11 is 0. The molecule has 2 aromatic carbocycles. The lowest BCUT2D eigenvalue weighted by molar-refractivity contribution is -0.116. The van der Waals surface area contributed by atoms with Gasteiger partial charge in [0.05, 0.1) is 0 Å². The lowest BCUT2D eigenvalue weighted by Crippen LogP contribution is -2.13. The Balaban J connectivity index is 1.94. The van der Waals surface area contributed by atoms with Gasteiger partial charge in [-0.25, -0.2) is 4.39 Å². The number of nitrogen functional groups attached to an aromatic ring is 1. The summed E-state index contributed by atoms with van der Waals surface area (Å²) in [5, 5.41) is 2.73. The average Bonchev–Trinajstić information content (AvgIpc) is 2.42. The first-order valence-corrected chi connectivity index (χ1v) is 6.45. The third kappa shape index (κ3) is 3.57. The highest BCUT2D eigenvalue weighted by atomic mass is 19.1. The topological polar surface area (TPSA) is 55.1 Å². The predicted molar refractivity (Wildman–Crippen MR) is 78.9 cm³/mol. The van der Waals surface area contributed by atoms with Crippen LogP contribution in [0.2, 0.25) is 0 Å². The molecule has 0 saturated carbocycles. The number of hydrogen-bond acceptors (Lipinski definition) is 2. The molecule has 0 bridgehead atoms. The molecule has 0 radical (unpaired) electrons. The number of carbonyl (C=O) groups is 1. The maximum Gasteiger partial charge on any atom is 0.224 e. The van der Waals surface area contributed by atoms with Crippen LogP contribution >= 0.6 is 0 Å². The fourth-order valence-electron chi connectivity index (χ4n) is 1.96. The van der Waals surface area contributed by atoms with Gasteiger partial charge in [-0.1, -0.05) is 18.2 Å². The van der Waals surface area contributed by atoms with Gasteiger partial charge < -0.3 is 11.1 Å². The molecule has 0 unspecified atom stereocenters. The summed E-state index contributed by atoms with van der Waals surface area (Å²) in [6.07, 6.45) is 0.935. The van der Waals surface area contributed by atoms with E-state index in [0.29, 0.717) is 29.8 Å². The molecule has 0 aliphatic rings. The highest BCUT2D eigenvalue weighted by Gasteiger charge is 2.07. The lowest BCUT2D eigenvalue weighted by Gasteiger charge is -2.09. The molecule has 0 saturated heterocycles. The van der Waals surface area contributed by atoms with Gasteiger partial charge in [0.1, 0.15) is 5.82 Å². The second-order valence-corrected chi connectivity index (χ2v) is 4.71. The first kappa shape index (κ1) is 14.1. The minimum absolute atomic E-state index is 0.138. The van der Waals surface area contributed by atoms with Crippen molar-refractivity contribution in [3.05, 3.63) is 59.4 Å². The number of nitrogens with two attached hydrogens (primary N) is 1. The highest BCUT2D eigenvalue weighted by Crippen LogP contribution is 2.18. The summed E-state index contributed by atoms with van der Waals surface area (Å²) in [7, 11) is 0. The van der Waals surface area contributed by atoms with Crippen LogP contribution in [0.1, 0.15) is 17.5 Å². The van der Waals surface area contributed by atoms with Gasteiger partial charge in [-0.2, -0.15) is 0 Å². The summed E-state index contributed by atoms with van der Waals surface area (Å²) in [5.41, 5.74) is 8.34. The molecule has 4 heteroatoms. The van der Waals surface area contributed by atoms with Gasteiger partial charge in [-0.15, -0.1) is 0 Å². The summed E-state index contributed by atoms with van der Waals surface area (Å²) in [6, 6.07) is 12.1. The van der Waals surface area contributed by atoms with Crippen molar-refractivity contribution in [2.45, 2.75) is 19.8 Å². The van der Waals surface area contributed by atoms with E-state index in [0.717, 1.165) is 5.56 Å². The minimum atomic E-state index is -0.321. The summed E-state index contributed by atoms with van der Waals surface area (Å²) in [5.74, 6) is -0.459. The zero-order valence-electron chi connectivity index (χ0n) is 11.3. The molecule has 20 heavy (non-hydrogen) atoms. The van der Waals surface area contributed by atoms with E-state index in [2.05, 4.69) is 5.32 Å². The third-order valence-corrected chi connectivity index (χ3v) is 3.13. The Bertz CT molecular complexity index is 626. The molecule has 0 atom stereocenters. The van der Waals surface area contributed by atoms with Gasteiger partial charge in [-0.3, -0.25) is 4.79 Å². The van der Waals surface area contributed by atoms with Crippen LogP contribution in [0.4, 0.5) is 15.8 Å².